The van der Waals surface area contributed by atoms with Gasteiger partial charge in [-0.3, -0.25) is 0 Å². The second-order valence-corrected chi connectivity index (χ2v) is 10.2. The van der Waals surface area contributed by atoms with E-state index in [9.17, 15) is 4.79 Å². The van der Waals surface area contributed by atoms with Crippen molar-refractivity contribution in [3.05, 3.63) is 24.3 Å². The molecule has 0 spiro atoms. The van der Waals surface area contributed by atoms with E-state index in [4.69, 9.17) is 0 Å². The molecule has 0 bridgehead atoms. The number of piperidine rings is 1. The standard InChI is InChI=1S/C26H41N3O/c1-26(21-11-5-2-3-6-12-21)18-8-7-13-24(26)28-25(30)27-22-14-16-23(17-15-22)29-19-9-4-10-20-29/h14-17,21,24H,2-13,18-20H2,1H3,(H2,27,28,30). The van der Waals surface area contributed by atoms with Crippen LogP contribution in [-0.4, -0.2) is 25.2 Å². The normalized spacial score (nSPS) is 28.6. The van der Waals surface area contributed by atoms with Crippen molar-refractivity contribution in [3.8, 4) is 0 Å². The molecule has 2 unspecified atom stereocenters. The maximum absolute atomic E-state index is 12.9. The number of nitrogens with zero attached hydrogens (tertiary/aromatic N) is 1. The van der Waals surface area contributed by atoms with Gasteiger partial charge in [-0.1, -0.05) is 45.4 Å². The van der Waals surface area contributed by atoms with Crippen LogP contribution in [0.3, 0.4) is 0 Å². The van der Waals surface area contributed by atoms with Crippen LogP contribution in [0, 0.1) is 11.3 Å². The average Bonchev–Trinajstić information content (AvgIpc) is 3.07. The Labute approximate surface area is 183 Å². The van der Waals surface area contributed by atoms with E-state index < -0.39 is 0 Å². The maximum Gasteiger partial charge on any atom is 0.319 e. The number of carbonyl (C=O) groups excluding carboxylic acids is 1. The highest BCUT2D eigenvalue weighted by atomic mass is 16.2. The largest absolute Gasteiger partial charge is 0.372 e. The van der Waals surface area contributed by atoms with Crippen molar-refractivity contribution in [2.75, 3.05) is 23.3 Å². The molecule has 1 aromatic carbocycles. The minimum Gasteiger partial charge on any atom is -0.372 e. The predicted molar refractivity (Wildman–Crippen MR) is 126 cm³/mol. The molecule has 2 atom stereocenters. The van der Waals surface area contributed by atoms with Gasteiger partial charge < -0.3 is 15.5 Å². The molecule has 30 heavy (non-hydrogen) atoms. The third-order valence-electron chi connectivity index (χ3n) is 8.19. The number of rotatable bonds is 4. The van der Waals surface area contributed by atoms with Crippen molar-refractivity contribution in [1.82, 2.24) is 5.32 Å². The fourth-order valence-electron chi connectivity index (χ4n) is 6.26. The SMILES string of the molecule is CC1(C2CCCCCC2)CCCCC1NC(=O)Nc1ccc(N2CCCCC2)cc1. The molecule has 1 heterocycles. The summed E-state index contributed by atoms with van der Waals surface area (Å²) < 4.78 is 0. The summed E-state index contributed by atoms with van der Waals surface area (Å²) in [4.78, 5) is 15.3. The second kappa shape index (κ2) is 10.1. The summed E-state index contributed by atoms with van der Waals surface area (Å²) in [7, 11) is 0. The Morgan fingerprint density at radius 2 is 1.50 bits per heavy atom. The Bertz CT molecular complexity index is 674. The van der Waals surface area contributed by atoms with Gasteiger partial charge in [-0.05, 0) is 80.5 Å². The fourth-order valence-corrected chi connectivity index (χ4v) is 6.26. The average molecular weight is 412 g/mol. The summed E-state index contributed by atoms with van der Waals surface area (Å²) in [6, 6.07) is 8.66. The first kappa shape index (κ1) is 21.5. The van der Waals surface area contributed by atoms with Crippen LogP contribution >= 0.6 is 0 Å². The molecule has 4 heteroatoms. The molecule has 2 N–H and O–H groups in total. The third-order valence-corrected chi connectivity index (χ3v) is 8.19. The Morgan fingerprint density at radius 1 is 0.867 bits per heavy atom. The van der Waals surface area contributed by atoms with E-state index in [2.05, 4.69) is 46.7 Å². The lowest BCUT2D eigenvalue weighted by atomic mass is 9.62. The van der Waals surface area contributed by atoms with Gasteiger partial charge in [0.05, 0.1) is 0 Å². The highest BCUT2D eigenvalue weighted by Gasteiger charge is 2.43. The van der Waals surface area contributed by atoms with Crippen LogP contribution in [0.15, 0.2) is 24.3 Å². The van der Waals surface area contributed by atoms with Gasteiger partial charge in [-0.2, -0.15) is 0 Å². The first-order chi connectivity index (χ1) is 14.6. The van der Waals surface area contributed by atoms with E-state index in [1.807, 2.05) is 0 Å². The molecule has 1 aromatic rings. The highest BCUT2D eigenvalue weighted by Crippen LogP contribution is 2.47. The third kappa shape index (κ3) is 5.12. The van der Waals surface area contributed by atoms with Crippen LogP contribution in [0.25, 0.3) is 0 Å². The molecule has 0 aromatic heterocycles. The molecule has 4 nitrogen and oxygen atoms in total. The number of hydrogen-bond donors (Lipinski definition) is 2. The Kier molecular flexibility index (Phi) is 7.22. The maximum atomic E-state index is 12.9. The molecule has 1 saturated heterocycles. The lowest BCUT2D eigenvalue weighted by Crippen LogP contribution is -2.52. The molecule has 2 saturated carbocycles. The van der Waals surface area contributed by atoms with Crippen molar-refractivity contribution in [2.24, 2.45) is 11.3 Å². The monoisotopic (exact) mass is 411 g/mol. The minimum atomic E-state index is -0.0348. The first-order valence-corrected chi connectivity index (χ1v) is 12.6. The summed E-state index contributed by atoms with van der Waals surface area (Å²) in [6.45, 7) is 4.75. The number of amides is 2. The number of urea groups is 1. The topological polar surface area (TPSA) is 44.4 Å². The quantitative estimate of drug-likeness (QED) is 0.540. The summed E-state index contributed by atoms with van der Waals surface area (Å²) in [5.41, 5.74) is 2.41. The minimum absolute atomic E-state index is 0.0348. The van der Waals surface area contributed by atoms with Crippen LogP contribution in [0.1, 0.15) is 90.4 Å². The van der Waals surface area contributed by atoms with Gasteiger partial charge >= 0.3 is 6.03 Å². The van der Waals surface area contributed by atoms with Gasteiger partial charge in [0.1, 0.15) is 0 Å². The molecule has 166 valence electrons. The molecule has 1 aliphatic heterocycles. The predicted octanol–water partition coefficient (Wildman–Crippen LogP) is 6.72. The van der Waals surface area contributed by atoms with E-state index in [0.29, 0.717) is 6.04 Å². The van der Waals surface area contributed by atoms with Gasteiger partial charge in [-0.15, -0.1) is 0 Å². The van der Waals surface area contributed by atoms with Gasteiger partial charge in [0.15, 0.2) is 0 Å². The Hall–Kier alpha value is -1.71. The number of carbonyl (C=O) groups is 1. The lowest BCUT2D eigenvalue weighted by molar-refractivity contribution is 0.0658. The van der Waals surface area contributed by atoms with Gasteiger partial charge in [0.25, 0.3) is 0 Å². The zero-order valence-electron chi connectivity index (χ0n) is 18.9. The second-order valence-electron chi connectivity index (χ2n) is 10.2. The highest BCUT2D eigenvalue weighted by molar-refractivity contribution is 5.89. The van der Waals surface area contributed by atoms with Gasteiger partial charge in [-0.25, -0.2) is 4.79 Å². The van der Waals surface area contributed by atoms with Crippen LogP contribution in [-0.2, 0) is 0 Å². The molecule has 3 aliphatic rings. The number of nitrogens with one attached hydrogen (secondary N) is 2. The Morgan fingerprint density at radius 3 is 2.20 bits per heavy atom. The van der Waals surface area contributed by atoms with E-state index in [1.165, 1.54) is 82.7 Å². The summed E-state index contributed by atoms with van der Waals surface area (Å²) >= 11 is 0. The smallest absolute Gasteiger partial charge is 0.319 e. The van der Waals surface area contributed by atoms with Crippen molar-refractivity contribution in [2.45, 2.75) is 96.4 Å². The van der Waals surface area contributed by atoms with E-state index >= 15 is 0 Å². The first-order valence-electron chi connectivity index (χ1n) is 12.6. The number of anilines is 2. The van der Waals surface area contributed by atoms with Gasteiger partial charge in [0.2, 0.25) is 0 Å². The van der Waals surface area contributed by atoms with Crippen molar-refractivity contribution in [1.29, 1.82) is 0 Å². The molecule has 3 fully saturated rings. The molecule has 4 rings (SSSR count). The molecule has 0 radical (unpaired) electrons. The summed E-state index contributed by atoms with van der Waals surface area (Å²) in [6.07, 6.45) is 17.0. The zero-order valence-corrected chi connectivity index (χ0v) is 18.9. The zero-order chi connectivity index (χ0) is 20.8. The van der Waals surface area contributed by atoms with Crippen LogP contribution < -0.4 is 15.5 Å². The van der Waals surface area contributed by atoms with Crippen molar-refractivity contribution < 1.29 is 4.79 Å². The lowest BCUT2D eigenvalue weighted by Gasteiger charge is -2.47. The molecule has 2 aliphatic carbocycles. The molecule has 2 amide bonds. The number of benzene rings is 1. The van der Waals surface area contributed by atoms with Crippen LogP contribution in [0.2, 0.25) is 0 Å². The van der Waals surface area contributed by atoms with Gasteiger partial charge in [0, 0.05) is 30.5 Å². The van der Waals surface area contributed by atoms with Crippen molar-refractivity contribution >= 4 is 17.4 Å². The van der Waals surface area contributed by atoms with Crippen LogP contribution in [0.5, 0.6) is 0 Å². The molecular formula is C26H41N3O. The Balaban J connectivity index is 1.35. The van der Waals surface area contributed by atoms with Crippen molar-refractivity contribution in [3.63, 3.8) is 0 Å². The summed E-state index contributed by atoms with van der Waals surface area (Å²) in [5, 5.41) is 6.50. The fraction of sp³-hybridized carbons (Fsp3) is 0.731. The van der Waals surface area contributed by atoms with E-state index in [1.54, 1.807) is 0 Å². The van der Waals surface area contributed by atoms with E-state index in [0.717, 1.165) is 31.1 Å². The summed E-state index contributed by atoms with van der Waals surface area (Å²) in [5.74, 6) is 0.759. The number of hydrogen-bond acceptors (Lipinski definition) is 2. The van der Waals surface area contributed by atoms with E-state index in [-0.39, 0.29) is 11.4 Å². The van der Waals surface area contributed by atoms with Crippen LogP contribution in [0.4, 0.5) is 16.2 Å². The molecular weight excluding hydrogens is 370 g/mol.